The van der Waals surface area contributed by atoms with Crippen LogP contribution in [0.15, 0.2) is 435 Å². The minimum atomic E-state index is -0.0490. The van der Waals surface area contributed by atoms with Gasteiger partial charge < -0.3 is 25.7 Å². The molecule has 25 aromatic rings. The summed E-state index contributed by atoms with van der Waals surface area (Å²) in [6, 6.07) is 153. The van der Waals surface area contributed by atoms with Crippen LogP contribution in [0.5, 0.6) is 0 Å². The number of rotatable bonds is 11. The molecule has 0 radical (unpaired) electrons. The first-order chi connectivity index (χ1) is 69.4. The first-order valence-corrected chi connectivity index (χ1v) is 51.5. The topological polar surface area (TPSA) is 74.2 Å². The van der Waals surface area contributed by atoms with Gasteiger partial charge in [0, 0.05) is 150 Å². The zero-order valence-electron chi connectivity index (χ0n) is 80.1. The quantitative estimate of drug-likeness (QED) is 0.103. The summed E-state index contributed by atoms with van der Waals surface area (Å²) in [4.78, 5) is 4.75. The maximum absolute atomic E-state index is 6.06. The van der Waals surface area contributed by atoms with Gasteiger partial charge in [-0.1, -0.05) is 365 Å². The molecule has 5 heterocycles. The zero-order valence-corrected chi connectivity index (χ0v) is 82.5. The second kappa shape index (κ2) is 33.8. The Kier molecular flexibility index (Phi) is 20.5. The fourth-order valence-electron chi connectivity index (χ4n) is 23.6. The maximum atomic E-state index is 6.06. The molecule has 0 saturated carbocycles. The van der Waals surface area contributed by atoms with Gasteiger partial charge in [0.15, 0.2) is 0 Å². The number of nitrogens with one attached hydrogen (secondary N) is 4. The van der Waals surface area contributed by atoms with E-state index in [0.29, 0.717) is 0 Å². The van der Waals surface area contributed by atoms with Gasteiger partial charge in [-0.2, -0.15) is 0 Å². The summed E-state index contributed by atoms with van der Waals surface area (Å²) in [5, 5.41) is 30.5. The molecule has 0 fully saturated rings. The number of hydrogen-bond donors (Lipinski definition) is 4. The van der Waals surface area contributed by atoms with E-state index in [1.807, 2.05) is 70.5 Å². The van der Waals surface area contributed by atoms with Crippen LogP contribution in [0.2, 0.25) is 0 Å². The van der Waals surface area contributed by atoms with Crippen LogP contribution in [0.3, 0.4) is 0 Å². The molecule has 0 spiro atoms. The van der Waals surface area contributed by atoms with Crippen molar-refractivity contribution in [3.63, 3.8) is 0 Å². The van der Waals surface area contributed by atoms with Crippen LogP contribution in [0.25, 0.3) is 182 Å². The SMILES string of the molecule is CC1(C)c2ccccc2-c2ccc(Nc3c(-c4ccccc4)cccc3-c3cccc4sc5ccccc5c34)cc21.CC1(C)c2ccccc2-c2ccc(Nc3ccc(-c4cccc5oc6ccccc6c45)cn3)cc21.CC1(C)c2ccccc2-c2ccc(Nc3cccc4sc5cc6ccccc6cc5c34)cc21.CC1(C)c2ccccc2-c2cccc(Nc3cccc4sc5c6ccccc6ccc5c34)c21. The van der Waals surface area contributed by atoms with Gasteiger partial charge in [-0.3, -0.25) is 0 Å². The van der Waals surface area contributed by atoms with Crippen LogP contribution < -0.4 is 21.3 Å². The standard InChI is InChI=1S/C39H29NS.C32H24N2O.2C31H23NS/c1-39(2)33-19-8-6-14-28(33)29-23-22-26(24-34(29)39)40-38-27(25-12-4-3-5-13-25)16-10-18-31(38)30-17-11-21-36-37(30)32-15-7-9-20-35(32)41-36;1-32(2)26-11-5-3-8-23(26)24-16-15-21(18-27(24)32)34-30-17-14-20(19-33-30)22-10-7-13-29-31(22)25-9-4-6-12-28(25)35-29;1-31(2)24-13-6-5-11-21(24)22-12-7-15-26(29(22)31)32-25-14-8-16-27-28(25)23-18-17-19-9-3-4-10-20(19)30(23)33-27;1-31(2)25-11-6-5-10-22(25)23-15-14-21(18-26(23)31)32-27-12-7-13-28-30(27)24-16-19-8-3-4-9-20(19)17-29(24)33-28/h3-24,40H,1-2H3;3-19H,1-2H3,(H,33,34);2*3-18,32H,1-2H3. The molecule has 680 valence electrons. The lowest BCUT2D eigenvalue weighted by molar-refractivity contribution is 0.660. The molecule has 4 N–H and O–H groups in total. The van der Waals surface area contributed by atoms with Crippen molar-refractivity contribution in [2.75, 3.05) is 21.3 Å². The number of thiophene rings is 3. The van der Waals surface area contributed by atoms with Crippen molar-refractivity contribution in [3.05, 3.63) is 475 Å². The van der Waals surface area contributed by atoms with Crippen molar-refractivity contribution in [1.29, 1.82) is 0 Å². The number of benzene rings is 20. The highest BCUT2D eigenvalue weighted by Gasteiger charge is 2.41. The highest BCUT2D eigenvalue weighted by atomic mass is 32.1. The van der Waals surface area contributed by atoms with Crippen LogP contribution in [-0.2, 0) is 21.7 Å². The number of hydrogen-bond acceptors (Lipinski definition) is 9. The second-order valence-electron chi connectivity index (χ2n) is 40.2. The molecular formula is C133H99N5OS3. The molecule has 142 heavy (non-hydrogen) atoms. The Morgan fingerprint density at radius 1 is 0.225 bits per heavy atom. The summed E-state index contributed by atoms with van der Waals surface area (Å²) >= 11 is 5.63. The molecule has 20 aromatic carbocycles. The van der Waals surface area contributed by atoms with Crippen molar-refractivity contribution >= 4 is 184 Å². The lowest BCUT2D eigenvalue weighted by Crippen LogP contribution is -2.16. The fourth-order valence-corrected chi connectivity index (χ4v) is 27.1. The summed E-state index contributed by atoms with van der Waals surface area (Å²) in [6.07, 6.45) is 1.94. The Balaban J connectivity index is 0.0000000974. The first kappa shape index (κ1) is 86.1. The smallest absolute Gasteiger partial charge is 0.136 e. The number of aromatic nitrogens is 1. The predicted octanol–water partition coefficient (Wildman–Crippen LogP) is 38.7. The maximum Gasteiger partial charge on any atom is 0.136 e. The van der Waals surface area contributed by atoms with Gasteiger partial charge in [-0.25, -0.2) is 4.98 Å². The molecule has 0 bridgehead atoms. The normalized spacial score (nSPS) is 13.7. The third-order valence-electron chi connectivity index (χ3n) is 30.5. The van der Waals surface area contributed by atoms with E-state index in [4.69, 9.17) is 9.40 Å². The van der Waals surface area contributed by atoms with Crippen LogP contribution >= 0.6 is 34.0 Å². The van der Waals surface area contributed by atoms with Gasteiger partial charge in [0.2, 0.25) is 0 Å². The van der Waals surface area contributed by atoms with E-state index in [1.165, 1.54) is 210 Å². The van der Waals surface area contributed by atoms with Crippen molar-refractivity contribution < 1.29 is 4.42 Å². The number of para-hydroxylation sites is 2. The summed E-state index contributed by atoms with van der Waals surface area (Å²) in [5.41, 5.74) is 38.6. The molecular weight excluding hydrogens is 1780 g/mol. The lowest BCUT2D eigenvalue weighted by atomic mass is 9.81. The monoisotopic (exact) mass is 1880 g/mol. The number of anilines is 8. The van der Waals surface area contributed by atoms with Crippen molar-refractivity contribution in [1.82, 2.24) is 4.98 Å². The number of fused-ring (bicyclic) bond motifs is 27. The van der Waals surface area contributed by atoms with E-state index in [0.717, 1.165) is 61.6 Å². The number of nitrogens with zero attached hydrogens (tertiary/aromatic N) is 1. The third kappa shape index (κ3) is 14.2. The van der Waals surface area contributed by atoms with Crippen molar-refractivity contribution in [3.8, 4) is 77.9 Å². The molecule has 5 aromatic heterocycles. The first-order valence-electron chi connectivity index (χ1n) is 49.1. The number of furan rings is 1. The largest absolute Gasteiger partial charge is 0.456 e. The summed E-state index contributed by atoms with van der Waals surface area (Å²) in [6.45, 7) is 18.6. The Morgan fingerprint density at radius 3 is 1.32 bits per heavy atom. The van der Waals surface area contributed by atoms with Gasteiger partial charge in [0.1, 0.15) is 17.0 Å². The van der Waals surface area contributed by atoms with E-state index in [2.05, 4.69) is 471 Å². The Hall–Kier alpha value is -16.3. The fraction of sp³-hybridized carbons (Fsp3) is 0.0902. The molecule has 0 saturated heterocycles. The highest BCUT2D eigenvalue weighted by molar-refractivity contribution is 7.27. The predicted molar refractivity (Wildman–Crippen MR) is 610 cm³/mol. The minimum absolute atomic E-state index is 0.00359. The molecule has 0 unspecified atom stereocenters. The van der Waals surface area contributed by atoms with E-state index in [-0.39, 0.29) is 21.7 Å². The second-order valence-corrected chi connectivity index (χ2v) is 43.4. The molecule has 29 rings (SSSR count). The summed E-state index contributed by atoms with van der Waals surface area (Å²) in [7, 11) is 0. The Morgan fingerprint density at radius 2 is 0.669 bits per heavy atom. The van der Waals surface area contributed by atoms with Gasteiger partial charge in [-0.05, 0) is 243 Å². The van der Waals surface area contributed by atoms with Gasteiger partial charge in [0.05, 0.1) is 5.69 Å². The zero-order chi connectivity index (χ0) is 95.4. The molecule has 0 aliphatic heterocycles. The van der Waals surface area contributed by atoms with Crippen LogP contribution in [0.1, 0.15) is 99.9 Å². The van der Waals surface area contributed by atoms with Gasteiger partial charge in [-0.15, -0.1) is 34.0 Å². The van der Waals surface area contributed by atoms with E-state index in [9.17, 15) is 0 Å². The Labute approximate surface area is 838 Å². The minimum Gasteiger partial charge on any atom is -0.456 e. The van der Waals surface area contributed by atoms with Gasteiger partial charge >= 0.3 is 0 Å². The van der Waals surface area contributed by atoms with Crippen LogP contribution in [0, 0.1) is 0 Å². The van der Waals surface area contributed by atoms with E-state index < -0.39 is 0 Å². The average molecular weight is 1880 g/mol. The van der Waals surface area contributed by atoms with E-state index >= 15 is 0 Å². The molecule has 4 aliphatic carbocycles. The van der Waals surface area contributed by atoms with Crippen LogP contribution in [0.4, 0.5) is 45.6 Å². The van der Waals surface area contributed by atoms with Crippen LogP contribution in [-0.4, -0.2) is 4.98 Å². The average Bonchev–Trinajstić information content (AvgIpc) is 1.49. The lowest BCUT2D eigenvalue weighted by Gasteiger charge is -2.25. The molecule has 6 nitrogen and oxygen atoms in total. The highest BCUT2D eigenvalue weighted by Crippen LogP contribution is 2.58. The number of pyridine rings is 1. The Bertz CT molecular complexity index is 9450. The van der Waals surface area contributed by atoms with E-state index in [1.54, 1.807) is 0 Å². The summed E-state index contributed by atoms with van der Waals surface area (Å²) in [5.74, 6) is 0.825. The summed E-state index contributed by atoms with van der Waals surface area (Å²) < 4.78 is 14.0. The molecule has 4 aliphatic rings. The molecule has 0 amide bonds. The molecule has 0 atom stereocenters. The van der Waals surface area contributed by atoms with Crippen molar-refractivity contribution in [2.24, 2.45) is 0 Å². The molecule has 9 heteroatoms. The van der Waals surface area contributed by atoms with Gasteiger partial charge in [0.25, 0.3) is 0 Å². The third-order valence-corrected chi connectivity index (χ3v) is 33.9. The van der Waals surface area contributed by atoms with Crippen molar-refractivity contribution in [2.45, 2.75) is 77.0 Å².